The molecule has 0 fully saturated rings. The van der Waals surface area contributed by atoms with Gasteiger partial charge in [-0.1, -0.05) is 23.7 Å². The number of anilines is 2. The van der Waals surface area contributed by atoms with E-state index in [2.05, 4.69) is 15.4 Å². The van der Waals surface area contributed by atoms with Crippen LogP contribution in [0.4, 0.5) is 16.2 Å². The van der Waals surface area contributed by atoms with Crippen LogP contribution in [0.3, 0.4) is 0 Å². The van der Waals surface area contributed by atoms with E-state index in [-0.39, 0.29) is 0 Å². The van der Waals surface area contributed by atoms with Crippen LogP contribution in [0.2, 0.25) is 5.02 Å². The van der Waals surface area contributed by atoms with Crippen molar-refractivity contribution in [3.8, 4) is 0 Å². The Kier molecular flexibility index (Phi) is 5.06. The standard InChI is InChI=1S/C16H17ClN2O2/c1-11-8-13(17)7-6-12(11)10-18-14-4-3-5-15(9-14)19-16(20)21-2/h3-9,18H,10H2,1-2H3,(H,19,20). The number of amides is 1. The summed E-state index contributed by atoms with van der Waals surface area (Å²) in [5, 5.41) is 6.68. The molecule has 0 radical (unpaired) electrons. The molecule has 110 valence electrons. The van der Waals surface area contributed by atoms with Gasteiger partial charge in [0.1, 0.15) is 0 Å². The molecule has 0 aliphatic carbocycles. The van der Waals surface area contributed by atoms with Crippen LogP contribution in [-0.2, 0) is 11.3 Å². The van der Waals surface area contributed by atoms with Crippen molar-refractivity contribution in [3.05, 3.63) is 58.6 Å². The van der Waals surface area contributed by atoms with Crippen molar-refractivity contribution >= 4 is 29.1 Å². The third-order valence-corrected chi connectivity index (χ3v) is 3.32. The molecule has 0 atom stereocenters. The Morgan fingerprint density at radius 1 is 1.19 bits per heavy atom. The van der Waals surface area contributed by atoms with Gasteiger partial charge >= 0.3 is 6.09 Å². The second-order valence-corrected chi connectivity index (χ2v) is 5.06. The average molecular weight is 305 g/mol. The molecule has 0 unspecified atom stereocenters. The fourth-order valence-corrected chi connectivity index (χ4v) is 2.16. The maximum Gasteiger partial charge on any atom is 0.411 e. The van der Waals surface area contributed by atoms with E-state index in [1.165, 1.54) is 12.7 Å². The molecule has 21 heavy (non-hydrogen) atoms. The fourth-order valence-electron chi connectivity index (χ4n) is 1.93. The van der Waals surface area contributed by atoms with E-state index >= 15 is 0 Å². The summed E-state index contributed by atoms with van der Waals surface area (Å²) in [6.45, 7) is 2.71. The molecule has 4 nitrogen and oxygen atoms in total. The molecule has 0 aromatic heterocycles. The lowest BCUT2D eigenvalue weighted by atomic mass is 10.1. The van der Waals surface area contributed by atoms with Crippen molar-refractivity contribution in [2.45, 2.75) is 13.5 Å². The van der Waals surface area contributed by atoms with Gasteiger partial charge < -0.3 is 10.1 Å². The van der Waals surface area contributed by atoms with Gasteiger partial charge in [0.05, 0.1) is 7.11 Å². The maximum atomic E-state index is 11.2. The highest BCUT2D eigenvalue weighted by molar-refractivity contribution is 6.30. The van der Waals surface area contributed by atoms with Crippen LogP contribution in [0.1, 0.15) is 11.1 Å². The number of benzene rings is 2. The summed E-state index contributed by atoms with van der Waals surface area (Å²) in [7, 11) is 1.33. The summed E-state index contributed by atoms with van der Waals surface area (Å²) >= 11 is 5.94. The quantitative estimate of drug-likeness (QED) is 0.878. The molecule has 0 saturated heterocycles. The first-order chi connectivity index (χ1) is 10.1. The molecule has 2 aromatic rings. The van der Waals surface area contributed by atoms with E-state index in [4.69, 9.17) is 11.6 Å². The van der Waals surface area contributed by atoms with Gasteiger partial charge in [0.25, 0.3) is 0 Å². The molecule has 0 spiro atoms. The number of halogens is 1. The van der Waals surface area contributed by atoms with E-state index in [1.807, 2.05) is 43.3 Å². The molecule has 0 saturated carbocycles. The molecule has 0 heterocycles. The molecule has 2 rings (SSSR count). The molecule has 2 aromatic carbocycles. The SMILES string of the molecule is COC(=O)Nc1cccc(NCc2ccc(Cl)cc2C)c1. The Labute approximate surface area is 129 Å². The minimum Gasteiger partial charge on any atom is -0.453 e. The van der Waals surface area contributed by atoms with E-state index < -0.39 is 6.09 Å². The highest BCUT2D eigenvalue weighted by Crippen LogP contribution is 2.19. The lowest BCUT2D eigenvalue weighted by Crippen LogP contribution is -2.11. The maximum absolute atomic E-state index is 11.2. The van der Waals surface area contributed by atoms with Gasteiger partial charge in [-0.2, -0.15) is 0 Å². The lowest BCUT2D eigenvalue weighted by molar-refractivity contribution is 0.187. The molecule has 2 N–H and O–H groups in total. The number of rotatable bonds is 4. The molecule has 5 heteroatoms. The first-order valence-electron chi connectivity index (χ1n) is 6.52. The second kappa shape index (κ2) is 6.99. The number of methoxy groups -OCH3 is 1. The zero-order valence-electron chi connectivity index (χ0n) is 11.9. The Morgan fingerprint density at radius 3 is 2.67 bits per heavy atom. The summed E-state index contributed by atoms with van der Waals surface area (Å²) in [5.41, 5.74) is 3.91. The number of aryl methyl sites for hydroxylation is 1. The van der Waals surface area contributed by atoms with Crippen molar-refractivity contribution in [2.75, 3.05) is 17.7 Å². The van der Waals surface area contributed by atoms with Gasteiger partial charge in [0.2, 0.25) is 0 Å². The Hall–Kier alpha value is -2.20. The normalized spacial score (nSPS) is 10.0. The van der Waals surface area contributed by atoms with Crippen molar-refractivity contribution in [3.63, 3.8) is 0 Å². The van der Waals surface area contributed by atoms with Gasteiger partial charge in [-0.15, -0.1) is 0 Å². The smallest absolute Gasteiger partial charge is 0.411 e. The highest BCUT2D eigenvalue weighted by Gasteiger charge is 2.03. The van der Waals surface area contributed by atoms with Gasteiger partial charge in [-0.05, 0) is 48.4 Å². The van der Waals surface area contributed by atoms with E-state index in [1.54, 1.807) is 6.07 Å². The van der Waals surface area contributed by atoms with Crippen molar-refractivity contribution in [2.24, 2.45) is 0 Å². The van der Waals surface area contributed by atoms with Crippen LogP contribution in [0.5, 0.6) is 0 Å². The molecular weight excluding hydrogens is 288 g/mol. The Balaban J connectivity index is 2.03. The van der Waals surface area contributed by atoms with Crippen molar-refractivity contribution in [1.82, 2.24) is 0 Å². The second-order valence-electron chi connectivity index (χ2n) is 4.62. The van der Waals surface area contributed by atoms with E-state index in [9.17, 15) is 4.79 Å². The van der Waals surface area contributed by atoms with Gasteiger partial charge in [0, 0.05) is 22.9 Å². The number of hydrogen-bond donors (Lipinski definition) is 2. The van der Waals surface area contributed by atoms with Gasteiger partial charge in [0.15, 0.2) is 0 Å². The number of carbonyl (C=O) groups is 1. The minimum absolute atomic E-state index is 0.485. The highest BCUT2D eigenvalue weighted by atomic mass is 35.5. The number of hydrogen-bond acceptors (Lipinski definition) is 3. The average Bonchev–Trinajstić information content (AvgIpc) is 2.46. The van der Waals surface area contributed by atoms with Crippen LogP contribution >= 0.6 is 11.6 Å². The summed E-state index contributed by atoms with van der Waals surface area (Å²) < 4.78 is 4.57. The number of nitrogens with one attached hydrogen (secondary N) is 2. The van der Waals surface area contributed by atoms with E-state index in [0.29, 0.717) is 12.2 Å². The number of carbonyl (C=O) groups excluding carboxylic acids is 1. The van der Waals surface area contributed by atoms with Crippen LogP contribution in [-0.4, -0.2) is 13.2 Å². The van der Waals surface area contributed by atoms with Gasteiger partial charge in [-0.25, -0.2) is 4.79 Å². The Bertz CT molecular complexity index is 644. The van der Waals surface area contributed by atoms with Crippen molar-refractivity contribution in [1.29, 1.82) is 0 Å². The van der Waals surface area contributed by atoms with Crippen LogP contribution in [0.15, 0.2) is 42.5 Å². The predicted molar refractivity (Wildman–Crippen MR) is 86.0 cm³/mol. The third kappa shape index (κ3) is 4.39. The number of ether oxygens (including phenoxy) is 1. The molecule has 1 amide bonds. The summed E-state index contributed by atoms with van der Waals surface area (Å²) in [6.07, 6.45) is -0.485. The van der Waals surface area contributed by atoms with Crippen LogP contribution in [0, 0.1) is 6.92 Å². The Morgan fingerprint density at radius 2 is 1.95 bits per heavy atom. The topological polar surface area (TPSA) is 50.4 Å². The lowest BCUT2D eigenvalue weighted by Gasteiger charge is -2.11. The molecule has 0 aliphatic rings. The summed E-state index contributed by atoms with van der Waals surface area (Å²) in [5.74, 6) is 0. The molecule has 0 bridgehead atoms. The predicted octanol–water partition coefficient (Wildman–Crippen LogP) is 4.44. The van der Waals surface area contributed by atoms with Crippen molar-refractivity contribution < 1.29 is 9.53 Å². The van der Waals surface area contributed by atoms with Crippen LogP contribution in [0.25, 0.3) is 0 Å². The molecule has 0 aliphatic heterocycles. The van der Waals surface area contributed by atoms with Crippen LogP contribution < -0.4 is 10.6 Å². The summed E-state index contributed by atoms with van der Waals surface area (Å²) in [6, 6.07) is 13.3. The monoisotopic (exact) mass is 304 g/mol. The van der Waals surface area contributed by atoms with E-state index in [0.717, 1.165) is 16.3 Å². The van der Waals surface area contributed by atoms with Gasteiger partial charge in [-0.3, -0.25) is 5.32 Å². The largest absolute Gasteiger partial charge is 0.453 e. The molecular formula is C16H17ClN2O2. The third-order valence-electron chi connectivity index (χ3n) is 3.08. The zero-order valence-corrected chi connectivity index (χ0v) is 12.7. The minimum atomic E-state index is -0.485. The fraction of sp³-hybridized carbons (Fsp3) is 0.188. The zero-order chi connectivity index (χ0) is 15.2. The summed E-state index contributed by atoms with van der Waals surface area (Å²) in [4.78, 5) is 11.2. The first-order valence-corrected chi connectivity index (χ1v) is 6.90. The first kappa shape index (κ1) is 15.2.